The highest BCUT2D eigenvalue weighted by Crippen LogP contribution is 2.24. The Hall–Kier alpha value is -0.410. The van der Waals surface area contributed by atoms with Crippen LogP contribution in [0.4, 0.5) is 0 Å². The van der Waals surface area contributed by atoms with E-state index in [-0.39, 0.29) is 17.8 Å². The van der Waals surface area contributed by atoms with Gasteiger partial charge < -0.3 is 9.47 Å². The van der Waals surface area contributed by atoms with Gasteiger partial charge >= 0.3 is 0 Å². The summed E-state index contributed by atoms with van der Waals surface area (Å²) in [5.74, 6) is -0.442. The monoisotopic (exact) mass is 172 g/mol. The summed E-state index contributed by atoms with van der Waals surface area (Å²) in [5, 5.41) is 0. The summed E-state index contributed by atoms with van der Waals surface area (Å²) in [4.78, 5) is 11.4. The molecule has 3 heteroatoms. The standard InChI is InChI=1S/C9H16O3/c1-6(2)8(10)7-5-11-9(3,4)12-7/h6-7H,5H2,1-4H3/t7-/m1/s1. The van der Waals surface area contributed by atoms with Crippen LogP contribution in [0.2, 0.25) is 0 Å². The molecular weight excluding hydrogens is 156 g/mol. The minimum Gasteiger partial charge on any atom is -0.347 e. The molecule has 0 aliphatic carbocycles. The van der Waals surface area contributed by atoms with Crippen molar-refractivity contribution in [2.24, 2.45) is 5.92 Å². The Morgan fingerprint density at radius 3 is 2.42 bits per heavy atom. The van der Waals surface area contributed by atoms with Crippen LogP contribution in [0.25, 0.3) is 0 Å². The van der Waals surface area contributed by atoms with Crippen molar-refractivity contribution in [3.05, 3.63) is 0 Å². The van der Waals surface area contributed by atoms with Gasteiger partial charge in [-0.25, -0.2) is 0 Å². The smallest absolute Gasteiger partial charge is 0.166 e. The molecule has 0 spiro atoms. The van der Waals surface area contributed by atoms with Crippen molar-refractivity contribution in [1.29, 1.82) is 0 Å². The number of carbonyl (C=O) groups is 1. The normalized spacial score (nSPS) is 27.9. The second-order valence-electron chi connectivity index (χ2n) is 3.87. The van der Waals surface area contributed by atoms with Crippen molar-refractivity contribution in [3.8, 4) is 0 Å². The predicted molar refractivity (Wildman–Crippen MR) is 44.7 cm³/mol. The maximum atomic E-state index is 11.4. The first-order chi connectivity index (χ1) is 5.42. The van der Waals surface area contributed by atoms with Gasteiger partial charge in [-0.2, -0.15) is 0 Å². The number of hydrogen-bond donors (Lipinski definition) is 0. The molecular formula is C9H16O3. The van der Waals surface area contributed by atoms with Gasteiger partial charge in [-0.1, -0.05) is 13.8 Å². The van der Waals surface area contributed by atoms with Crippen LogP contribution in [0, 0.1) is 5.92 Å². The maximum Gasteiger partial charge on any atom is 0.166 e. The second kappa shape index (κ2) is 3.15. The van der Waals surface area contributed by atoms with E-state index in [0.29, 0.717) is 6.61 Å². The summed E-state index contributed by atoms with van der Waals surface area (Å²) >= 11 is 0. The van der Waals surface area contributed by atoms with E-state index in [1.165, 1.54) is 0 Å². The van der Waals surface area contributed by atoms with Gasteiger partial charge in [-0.05, 0) is 13.8 Å². The Morgan fingerprint density at radius 2 is 2.08 bits per heavy atom. The molecule has 3 nitrogen and oxygen atoms in total. The van der Waals surface area contributed by atoms with Gasteiger partial charge in [-0.15, -0.1) is 0 Å². The van der Waals surface area contributed by atoms with E-state index in [1.807, 2.05) is 27.7 Å². The van der Waals surface area contributed by atoms with E-state index in [2.05, 4.69) is 0 Å². The summed E-state index contributed by atoms with van der Waals surface area (Å²) in [5.41, 5.74) is 0. The third-order valence-corrected chi connectivity index (χ3v) is 1.89. The third kappa shape index (κ3) is 2.05. The van der Waals surface area contributed by atoms with Crippen LogP contribution in [0.3, 0.4) is 0 Å². The number of ketones is 1. The van der Waals surface area contributed by atoms with Crippen molar-refractivity contribution in [3.63, 3.8) is 0 Å². The first-order valence-corrected chi connectivity index (χ1v) is 4.28. The molecule has 0 N–H and O–H groups in total. The minimum atomic E-state index is -0.588. The quantitative estimate of drug-likeness (QED) is 0.631. The number of rotatable bonds is 2. The summed E-state index contributed by atoms with van der Waals surface area (Å²) in [6.07, 6.45) is -0.361. The van der Waals surface area contributed by atoms with Gasteiger partial charge in [-0.3, -0.25) is 4.79 Å². The molecule has 0 amide bonds. The van der Waals surface area contributed by atoms with Crippen LogP contribution in [-0.4, -0.2) is 24.3 Å². The van der Waals surface area contributed by atoms with Gasteiger partial charge in [0.25, 0.3) is 0 Å². The molecule has 1 atom stereocenters. The van der Waals surface area contributed by atoms with Crippen molar-refractivity contribution >= 4 is 5.78 Å². The topological polar surface area (TPSA) is 35.5 Å². The molecule has 0 unspecified atom stereocenters. The molecule has 0 radical (unpaired) electrons. The molecule has 12 heavy (non-hydrogen) atoms. The predicted octanol–water partition coefficient (Wildman–Crippen LogP) is 1.36. The Bertz CT molecular complexity index is 184. The highest BCUT2D eigenvalue weighted by atomic mass is 16.7. The molecule has 1 fully saturated rings. The first-order valence-electron chi connectivity index (χ1n) is 4.28. The highest BCUT2D eigenvalue weighted by Gasteiger charge is 2.37. The zero-order valence-electron chi connectivity index (χ0n) is 8.09. The zero-order chi connectivity index (χ0) is 9.35. The summed E-state index contributed by atoms with van der Waals surface area (Å²) in [6.45, 7) is 7.78. The lowest BCUT2D eigenvalue weighted by Crippen LogP contribution is -2.29. The van der Waals surface area contributed by atoms with E-state index < -0.39 is 5.79 Å². The van der Waals surface area contributed by atoms with E-state index in [4.69, 9.17) is 9.47 Å². The lowest BCUT2D eigenvalue weighted by Gasteiger charge is -2.17. The highest BCUT2D eigenvalue weighted by molar-refractivity contribution is 5.85. The Morgan fingerprint density at radius 1 is 1.50 bits per heavy atom. The second-order valence-corrected chi connectivity index (χ2v) is 3.87. The molecule has 1 heterocycles. The van der Waals surface area contributed by atoms with Crippen LogP contribution in [0.1, 0.15) is 27.7 Å². The molecule has 0 saturated carbocycles. The summed E-state index contributed by atoms with van der Waals surface area (Å²) in [7, 11) is 0. The van der Waals surface area contributed by atoms with Crippen LogP contribution in [0.5, 0.6) is 0 Å². The van der Waals surface area contributed by atoms with Crippen molar-refractivity contribution in [1.82, 2.24) is 0 Å². The lowest BCUT2D eigenvalue weighted by atomic mass is 10.1. The average molecular weight is 172 g/mol. The molecule has 0 aromatic heterocycles. The van der Waals surface area contributed by atoms with E-state index in [9.17, 15) is 4.79 Å². The van der Waals surface area contributed by atoms with Gasteiger partial charge in [0, 0.05) is 5.92 Å². The third-order valence-electron chi connectivity index (χ3n) is 1.89. The number of ether oxygens (including phenoxy) is 2. The number of hydrogen-bond acceptors (Lipinski definition) is 3. The minimum absolute atomic E-state index is 0.0208. The van der Waals surface area contributed by atoms with Crippen molar-refractivity contribution in [2.45, 2.75) is 39.6 Å². The van der Waals surface area contributed by atoms with Crippen LogP contribution < -0.4 is 0 Å². The van der Waals surface area contributed by atoms with Gasteiger partial charge in [0.1, 0.15) is 6.10 Å². The molecule has 0 aromatic carbocycles. The van der Waals surface area contributed by atoms with Gasteiger partial charge in [0.15, 0.2) is 11.6 Å². The molecule has 70 valence electrons. The van der Waals surface area contributed by atoms with Crippen LogP contribution in [-0.2, 0) is 14.3 Å². The van der Waals surface area contributed by atoms with E-state index >= 15 is 0 Å². The molecule has 0 aromatic rings. The zero-order valence-corrected chi connectivity index (χ0v) is 8.09. The van der Waals surface area contributed by atoms with E-state index in [0.717, 1.165) is 0 Å². The molecule has 1 saturated heterocycles. The number of Topliss-reactive ketones (excluding diaryl/α,β-unsaturated/α-hetero) is 1. The Balaban J connectivity index is 2.53. The molecule has 1 aliphatic rings. The number of carbonyl (C=O) groups excluding carboxylic acids is 1. The SMILES string of the molecule is CC(C)C(=O)[C@H]1COC(C)(C)O1. The fraction of sp³-hybridized carbons (Fsp3) is 0.889. The fourth-order valence-electron chi connectivity index (χ4n) is 1.20. The van der Waals surface area contributed by atoms with Gasteiger partial charge in [0.05, 0.1) is 6.61 Å². The summed E-state index contributed by atoms with van der Waals surface area (Å²) < 4.78 is 10.7. The van der Waals surface area contributed by atoms with Gasteiger partial charge in [0.2, 0.25) is 0 Å². The van der Waals surface area contributed by atoms with Crippen LogP contribution >= 0.6 is 0 Å². The first kappa shape index (κ1) is 9.68. The van der Waals surface area contributed by atoms with Crippen molar-refractivity contribution < 1.29 is 14.3 Å². The Labute approximate surface area is 73.0 Å². The lowest BCUT2D eigenvalue weighted by molar-refractivity contribution is -0.153. The molecule has 0 bridgehead atoms. The largest absolute Gasteiger partial charge is 0.347 e. The summed E-state index contributed by atoms with van der Waals surface area (Å²) in [6, 6.07) is 0. The fourth-order valence-corrected chi connectivity index (χ4v) is 1.20. The maximum absolute atomic E-state index is 11.4. The van der Waals surface area contributed by atoms with E-state index in [1.54, 1.807) is 0 Å². The van der Waals surface area contributed by atoms with Crippen LogP contribution in [0.15, 0.2) is 0 Å². The Kier molecular flexibility index (Phi) is 2.54. The average Bonchev–Trinajstić information content (AvgIpc) is 2.28. The molecule has 1 rings (SSSR count). The molecule has 1 aliphatic heterocycles. The van der Waals surface area contributed by atoms with Crippen molar-refractivity contribution in [2.75, 3.05) is 6.61 Å².